The van der Waals surface area contributed by atoms with Crippen LogP contribution in [0.3, 0.4) is 0 Å². The van der Waals surface area contributed by atoms with Crippen LogP contribution in [-0.2, 0) is 16.4 Å². The van der Waals surface area contributed by atoms with Gasteiger partial charge in [-0.25, -0.2) is 13.1 Å². The minimum atomic E-state index is -3.85. The molecule has 0 fully saturated rings. The van der Waals surface area contributed by atoms with E-state index in [9.17, 15) is 18.5 Å². The lowest BCUT2D eigenvalue weighted by molar-refractivity contribution is -0.384. The number of hydrogen-bond acceptors (Lipinski definition) is 6. The number of nitro groups is 1. The zero-order valence-electron chi connectivity index (χ0n) is 16.4. The predicted octanol–water partition coefficient (Wildman–Crippen LogP) is 3.33. The van der Waals surface area contributed by atoms with E-state index in [4.69, 9.17) is 4.74 Å². The van der Waals surface area contributed by atoms with Crippen LogP contribution in [0.5, 0.6) is 5.75 Å². The maximum absolute atomic E-state index is 12.4. The van der Waals surface area contributed by atoms with Crippen molar-refractivity contribution in [2.45, 2.75) is 37.6 Å². The summed E-state index contributed by atoms with van der Waals surface area (Å²) in [5.74, 6) is 0.757. The summed E-state index contributed by atoms with van der Waals surface area (Å²) in [5.41, 5.74) is 0.340. The summed E-state index contributed by atoms with van der Waals surface area (Å²) >= 11 is 0. The highest BCUT2D eigenvalue weighted by Gasteiger charge is 2.25. The van der Waals surface area contributed by atoms with Gasteiger partial charge >= 0.3 is 0 Å². The fraction of sp³-hybridized carbons (Fsp3) is 0.368. The minimum absolute atomic E-state index is 0.144. The zero-order valence-corrected chi connectivity index (χ0v) is 17.2. The Morgan fingerprint density at radius 1 is 1.11 bits per heavy atom. The van der Waals surface area contributed by atoms with E-state index >= 15 is 0 Å². The van der Waals surface area contributed by atoms with E-state index in [1.807, 2.05) is 24.3 Å². The Morgan fingerprint density at radius 2 is 1.75 bits per heavy atom. The molecule has 152 valence electrons. The summed E-state index contributed by atoms with van der Waals surface area (Å²) in [6.07, 6.45) is 0.646. The van der Waals surface area contributed by atoms with Crippen LogP contribution in [0.2, 0.25) is 0 Å². The third-order valence-electron chi connectivity index (χ3n) is 3.80. The smallest absolute Gasteiger partial charge is 0.293 e. The molecule has 0 heterocycles. The Kier molecular flexibility index (Phi) is 6.63. The molecular weight excluding hydrogens is 382 g/mol. The van der Waals surface area contributed by atoms with Crippen molar-refractivity contribution in [1.29, 1.82) is 0 Å². The van der Waals surface area contributed by atoms with E-state index in [0.29, 0.717) is 13.0 Å². The fourth-order valence-electron chi connectivity index (χ4n) is 2.57. The third kappa shape index (κ3) is 5.93. The predicted molar refractivity (Wildman–Crippen MR) is 108 cm³/mol. The normalized spacial score (nSPS) is 11.9. The Labute approximate surface area is 165 Å². The van der Waals surface area contributed by atoms with Crippen molar-refractivity contribution < 1.29 is 18.1 Å². The van der Waals surface area contributed by atoms with E-state index in [2.05, 4.69) is 10.0 Å². The Balaban J connectivity index is 2.15. The number of nitrogens with one attached hydrogen (secondary N) is 2. The second kappa shape index (κ2) is 8.57. The van der Waals surface area contributed by atoms with Crippen molar-refractivity contribution in [2.75, 3.05) is 19.0 Å². The van der Waals surface area contributed by atoms with Gasteiger partial charge in [0.1, 0.15) is 11.4 Å². The van der Waals surface area contributed by atoms with Crippen molar-refractivity contribution in [2.24, 2.45) is 0 Å². The maximum Gasteiger partial charge on any atom is 0.293 e. The van der Waals surface area contributed by atoms with Gasteiger partial charge in [-0.2, -0.15) is 0 Å². The van der Waals surface area contributed by atoms with Crippen LogP contribution >= 0.6 is 0 Å². The molecule has 8 nitrogen and oxygen atoms in total. The summed E-state index contributed by atoms with van der Waals surface area (Å²) < 4.78 is 32.4. The van der Waals surface area contributed by atoms with Crippen molar-refractivity contribution in [3.63, 3.8) is 0 Å². The van der Waals surface area contributed by atoms with Gasteiger partial charge in [-0.3, -0.25) is 10.1 Å². The molecule has 2 aromatic carbocycles. The van der Waals surface area contributed by atoms with Crippen molar-refractivity contribution in [3.8, 4) is 5.75 Å². The lowest BCUT2D eigenvalue weighted by Gasteiger charge is -2.20. The average molecular weight is 407 g/mol. The maximum atomic E-state index is 12.4. The van der Waals surface area contributed by atoms with Gasteiger partial charge in [0.05, 0.1) is 16.9 Å². The van der Waals surface area contributed by atoms with Gasteiger partial charge in [-0.05, 0) is 57.0 Å². The lowest BCUT2D eigenvalue weighted by Crippen LogP contribution is -2.40. The molecule has 0 bridgehead atoms. The van der Waals surface area contributed by atoms with Gasteiger partial charge in [-0.1, -0.05) is 12.1 Å². The van der Waals surface area contributed by atoms with Gasteiger partial charge in [0.15, 0.2) is 0 Å². The standard InChI is InChI=1S/C19H25N3O5S/c1-19(2,3)21-28(25,26)16-9-10-17(18(13-16)22(23)24)20-12-11-14-5-7-15(27-4)8-6-14/h5-10,13,20-21H,11-12H2,1-4H3. The molecule has 28 heavy (non-hydrogen) atoms. The molecule has 0 radical (unpaired) electrons. The zero-order chi connectivity index (χ0) is 20.9. The number of nitrogens with zero attached hydrogens (tertiary/aromatic N) is 1. The van der Waals surface area contributed by atoms with E-state index in [-0.39, 0.29) is 16.3 Å². The molecule has 0 spiro atoms. The summed E-state index contributed by atoms with van der Waals surface area (Å²) in [4.78, 5) is 10.7. The molecule has 0 saturated carbocycles. The largest absolute Gasteiger partial charge is 0.497 e. The van der Waals surface area contributed by atoms with Gasteiger partial charge in [0.25, 0.3) is 5.69 Å². The number of nitro benzene ring substituents is 1. The molecule has 0 aromatic heterocycles. The van der Waals surface area contributed by atoms with E-state index < -0.39 is 20.5 Å². The molecule has 2 N–H and O–H groups in total. The molecule has 0 atom stereocenters. The highest BCUT2D eigenvalue weighted by molar-refractivity contribution is 7.89. The molecule has 0 aliphatic carbocycles. The summed E-state index contributed by atoms with van der Waals surface area (Å²) in [6.45, 7) is 5.57. The van der Waals surface area contributed by atoms with Gasteiger partial charge < -0.3 is 10.1 Å². The first kappa shape index (κ1) is 21.6. The number of ether oxygens (including phenoxy) is 1. The van der Waals surface area contributed by atoms with E-state index in [0.717, 1.165) is 17.4 Å². The highest BCUT2D eigenvalue weighted by atomic mass is 32.2. The lowest BCUT2D eigenvalue weighted by atomic mass is 10.1. The second-order valence-electron chi connectivity index (χ2n) is 7.32. The molecule has 0 saturated heterocycles. The van der Waals surface area contributed by atoms with Crippen molar-refractivity contribution >= 4 is 21.4 Å². The van der Waals surface area contributed by atoms with Crippen molar-refractivity contribution in [3.05, 3.63) is 58.1 Å². The summed E-state index contributed by atoms with van der Waals surface area (Å²) in [6, 6.07) is 11.4. The molecule has 9 heteroatoms. The fourth-order valence-corrected chi connectivity index (χ4v) is 4.01. The van der Waals surface area contributed by atoms with Gasteiger partial charge in [0.2, 0.25) is 10.0 Å². The van der Waals surface area contributed by atoms with Crippen LogP contribution in [0.1, 0.15) is 26.3 Å². The van der Waals surface area contributed by atoms with Crippen LogP contribution in [0.4, 0.5) is 11.4 Å². The monoisotopic (exact) mass is 407 g/mol. The van der Waals surface area contributed by atoms with Crippen molar-refractivity contribution in [1.82, 2.24) is 4.72 Å². The molecule has 0 amide bonds. The first-order valence-electron chi connectivity index (χ1n) is 8.71. The second-order valence-corrected chi connectivity index (χ2v) is 9.00. The number of methoxy groups -OCH3 is 1. The number of rotatable bonds is 8. The molecule has 2 aromatic rings. The Bertz CT molecular complexity index is 935. The first-order chi connectivity index (χ1) is 13.0. The van der Waals surface area contributed by atoms with E-state index in [1.54, 1.807) is 27.9 Å². The average Bonchev–Trinajstić information content (AvgIpc) is 2.60. The van der Waals surface area contributed by atoms with Crippen LogP contribution in [-0.4, -0.2) is 32.5 Å². The van der Waals surface area contributed by atoms with Crippen LogP contribution in [0.15, 0.2) is 47.4 Å². The van der Waals surface area contributed by atoms with Crippen LogP contribution < -0.4 is 14.8 Å². The van der Waals surface area contributed by atoms with Crippen LogP contribution in [0, 0.1) is 10.1 Å². The minimum Gasteiger partial charge on any atom is -0.497 e. The van der Waals surface area contributed by atoms with Crippen LogP contribution in [0.25, 0.3) is 0 Å². The summed E-state index contributed by atoms with van der Waals surface area (Å²) in [5, 5.41) is 14.4. The first-order valence-corrected chi connectivity index (χ1v) is 10.2. The Morgan fingerprint density at radius 3 is 2.29 bits per heavy atom. The topological polar surface area (TPSA) is 111 Å². The van der Waals surface area contributed by atoms with E-state index in [1.165, 1.54) is 12.1 Å². The Hall–Kier alpha value is -2.65. The van der Waals surface area contributed by atoms with Gasteiger partial charge in [0, 0.05) is 18.2 Å². The highest BCUT2D eigenvalue weighted by Crippen LogP contribution is 2.28. The molecule has 0 aliphatic heterocycles. The summed E-state index contributed by atoms with van der Waals surface area (Å²) in [7, 11) is -2.26. The molecular formula is C19H25N3O5S. The van der Waals surface area contributed by atoms with Gasteiger partial charge in [-0.15, -0.1) is 0 Å². The third-order valence-corrected chi connectivity index (χ3v) is 5.56. The molecule has 0 unspecified atom stereocenters. The quantitative estimate of drug-likeness (QED) is 0.513. The number of hydrogen-bond donors (Lipinski definition) is 2. The molecule has 2 rings (SSSR count). The number of benzene rings is 2. The molecule has 0 aliphatic rings. The number of sulfonamides is 1. The SMILES string of the molecule is COc1ccc(CCNc2ccc(S(=O)(=O)NC(C)(C)C)cc2[N+](=O)[O-])cc1. The number of anilines is 1.